The highest BCUT2D eigenvalue weighted by molar-refractivity contribution is 4.44. The van der Waals surface area contributed by atoms with Crippen LogP contribution in [-0.4, -0.2) is 49.9 Å². The molecule has 4 nitrogen and oxygen atoms in total. The predicted molar refractivity (Wildman–Crippen MR) is 63.5 cm³/mol. The largest absolute Gasteiger partial charge is 0.396 e. The van der Waals surface area contributed by atoms with Crippen LogP contribution in [0.2, 0.25) is 0 Å². The maximum atomic E-state index is 8.58. The van der Waals surface area contributed by atoms with Gasteiger partial charge in [-0.2, -0.15) is 0 Å². The van der Waals surface area contributed by atoms with Gasteiger partial charge in [-0.3, -0.25) is 0 Å². The molecule has 16 heavy (non-hydrogen) atoms. The Morgan fingerprint density at radius 3 is 1.69 bits per heavy atom. The first-order valence-corrected chi connectivity index (χ1v) is 6.29. The van der Waals surface area contributed by atoms with E-state index < -0.39 is 0 Å². The van der Waals surface area contributed by atoms with Crippen molar-refractivity contribution in [2.45, 2.75) is 38.5 Å². The van der Waals surface area contributed by atoms with Crippen molar-refractivity contribution in [1.29, 1.82) is 0 Å². The minimum absolute atomic E-state index is 0.0772. The molecule has 0 rings (SSSR count). The Morgan fingerprint density at radius 2 is 1.06 bits per heavy atom. The third-order valence-corrected chi connectivity index (χ3v) is 2.30. The summed E-state index contributed by atoms with van der Waals surface area (Å²) in [6.07, 6.45) is 6.79. The zero-order chi connectivity index (χ0) is 11.9. The average molecular weight is 234 g/mol. The Labute approximate surface area is 98.6 Å². The molecule has 0 amide bonds. The number of ether oxygens (including phenoxy) is 2. The molecule has 0 saturated carbocycles. The van der Waals surface area contributed by atoms with Crippen LogP contribution >= 0.6 is 0 Å². The first-order chi connectivity index (χ1) is 7.91. The number of aliphatic hydroxyl groups excluding tert-OH is 2. The Bertz CT molecular complexity index is 106. The zero-order valence-electron chi connectivity index (χ0n) is 10.2. The van der Waals surface area contributed by atoms with Crippen molar-refractivity contribution in [2.24, 2.45) is 0 Å². The molecule has 0 saturated heterocycles. The molecule has 0 aliphatic heterocycles. The monoisotopic (exact) mass is 234 g/mol. The van der Waals surface area contributed by atoms with Crippen molar-refractivity contribution in [3.63, 3.8) is 0 Å². The Hall–Kier alpha value is -0.160. The van der Waals surface area contributed by atoms with Crippen LogP contribution in [-0.2, 0) is 9.47 Å². The van der Waals surface area contributed by atoms with Crippen molar-refractivity contribution in [3.8, 4) is 0 Å². The SMILES string of the molecule is OCCCCCCCCOCCOCCO. The molecule has 0 radical (unpaired) electrons. The molecule has 0 aromatic rings. The summed E-state index contributed by atoms with van der Waals surface area (Å²) >= 11 is 0. The normalized spacial score (nSPS) is 10.9. The number of hydrogen-bond acceptors (Lipinski definition) is 4. The van der Waals surface area contributed by atoms with Gasteiger partial charge in [0, 0.05) is 13.2 Å². The summed E-state index contributed by atoms with van der Waals surface area (Å²) in [7, 11) is 0. The summed E-state index contributed by atoms with van der Waals surface area (Å²) in [6, 6.07) is 0. The van der Waals surface area contributed by atoms with E-state index in [0.29, 0.717) is 26.4 Å². The second-order valence-electron chi connectivity index (χ2n) is 3.79. The lowest BCUT2D eigenvalue weighted by Crippen LogP contribution is -2.07. The second-order valence-corrected chi connectivity index (χ2v) is 3.79. The fourth-order valence-corrected chi connectivity index (χ4v) is 1.41. The van der Waals surface area contributed by atoms with Crippen molar-refractivity contribution in [2.75, 3.05) is 39.6 Å². The lowest BCUT2D eigenvalue weighted by atomic mass is 10.1. The standard InChI is InChI=1S/C12H26O4/c13-7-5-3-1-2-4-6-9-15-11-12-16-10-8-14/h13-14H,1-12H2. The van der Waals surface area contributed by atoms with E-state index in [9.17, 15) is 0 Å². The predicted octanol–water partition coefficient (Wildman–Crippen LogP) is 1.34. The van der Waals surface area contributed by atoms with Crippen molar-refractivity contribution in [3.05, 3.63) is 0 Å². The molecular weight excluding hydrogens is 208 g/mol. The van der Waals surface area contributed by atoms with Gasteiger partial charge in [0.25, 0.3) is 0 Å². The van der Waals surface area contributed by atoms with Crippen LogP contribution in [0.3, 0.4) is 0 Å². The third-order valence-electron chi connectivity index (χ3n) is 2.30. The molecule has 0 aromatic heterocycles. The van der Waals surface area contributed by atoms with Gasteiger partial charge in [-0.25, -0.2) is 0 Å². The van der Waals surface area contributed by atoms with Gasteiger partial charge >= 0.3 is 0 Å². The summed E-state index contributed by atoms with van der Waals surface area (Å²) in [5.41, 5.74) is 0. The second kappa shape index (κ2) is 14.8. The minimum Gasteiger partial charge on any atom is -0.396 e. The van der Waals surface area contributed by atoms with E-state index in [2.05, 4.69) is 0 Å². The number of unbranched alkanes of at least 4 members (excludes halogenated alkanes) is 5. The lowest BCUT2D eigenvalue weighted by molar-refractivity contribution is 0.0320. The van der Waals surface area contributed by atoms with Gasteiger partial charge in [0.2, 0.25) is 0 Å². The molecule has 0 spiro atoms. The lowest BCUT2D eigenvalue weighted by Gasteiger charge is -2.04. The number of aliphatic hydroxyl groups is 2. The Balaban J connectivity index is 2.83. The molecule has 0 atom stereocenters. The van der Waals surface area contributed by atoms with Gasteiger partial charge in [0.15, 0.2) is 0 Å². The highest BCUT2D eigenvalue weighted by atomic mass is 16.5. The van der Waals surface area contributed by atoms with Crippen molar-refractivity contribution >= 4 is 0 Å². The quantitative estimate of drug-likeness (QED) is 0.472. The molecule has 98 valence electrons. The molecule has 0 aliphatic rings. The topological polar surface area (TPSA) is 58.9 Å². The van der Waals surface area contributed by atoms with Gasteiger partial charge in [-0.05, 0) is 12.8 Å². The summed E-state index contributed by atoms with van der Waals surface area (Å²) in [5.74, 6) is 0. The Kier molecular flexibility index (Phi) is 14.7. The van der Waals surface area contributed by atoms with Crippen LogP contribution in [0.1, 0.15) is 38.5 Å². The molecule has 0 fully saturated rings. The van der Waals surface area contributed by atoms with Gasteiger partial charge in [0.1, 0.15) is 0 Å². The highest BCUT2D eigenvalue weighted by Crippen LogP contribution is 2.04. The van der Waals surface area contributed by atoms with E-state index in [-0.39, 0.29) is 6.61 Å². The molecule has 0 heterocycles. The highest BCUT2D eigenvalue weighted by Gasteiger charge is 1.92. The van der Waals surface area contributed by atoms with Crippen LogP contribution in [0.15, 0.2) is 0 Å². The first kappa shape index (κ1) is 15.8. The maximum Gasteiger partial charge on any atom is 0.0701 e. The first-order valence-electron chi connectivity index (χ1n) is 6.29. The summed E-state index contributed by atoms with van der Waals surface area (Å²) in [4.78, 5) is 0. The van der Waals surface area contributed by atoms with E-state index in [1.165, 1.54) is 19.3 Å². The van der Waals surface area contributed by atoms with Crippen LogP contribution in [0.25, 0.3) is 0 Å². The molecule has 0 aromatic carbocycles. The zero-order valence-corrected chi connectivity index (χ0v) is 10.2. The molecule has 0 aliphatic carbocycles. The third kappa shape index (κ3) is 13.8. The van der Waals surface area contributed by atoms with Crippen LogP contribution in [0.4, 0.5) is 0 Å². The van der Waals surface area contributed by atoms with Crippen molar-refractivity contribution in [1.82, 2.24) is 0 Å². The van der Waals surface area contributed by atoms with Crippen LogP contribution in [0.5, 0.6) is 0 Å². The van der Waals surface area contributed by atoms with E-state index in [1.807, 2.05) is 0 Å². The van der Waals surface area contributed by atoms with Crippen LogP contribution < -0.4 is 0 Å². The molecule has 0 bridgehead atoms. The maximum absolute atomic E-state index is 8.58. The van der Waals surface area contributed by atoms with E-state index in [4.69, 9.17) is 19.7 Å². The van der Waals surface area contributed by atoms with E-state index in [0.717, 1.165) is 25.9 Å². The molecule has 2 N–H and O–H groups in total. The Morgan fingerprint density at radius 1 is 0.500 bits per heavy atom. The van der Waals surface area contributed by atoms with Crippen molar-refractivity contribution < 1.29 is 19.7 Å². The average Bonchev–Trinajstić information content (AvgIpc) is 2.31. The number of rotatable bonds is 13. The van der Waals surface area contributed by atoms with E-state index in [1.54, 1.807) is 0 Å². The van der Waals surface area contributed by atoms with Gasteiger partial charge in [-0.1, -0.05) is 25.7 Å². The van der Waals surface area contributed by atoms with Crippen LogP contribution in [0, 0.1) is 0 Å². The molecular formula is C12H26O4. The molecule has 0 unspecified atom stereocenters. The minimum atomic E-state index is 0.0772. The summed E-state index contributed by atoms with van der Waals surface area (Å²) < 4.78 is 10.4. The van der Waals surface area contributed by atoms with Gasteiger partial charge < -0.3 is 19.7 Å². The fraction of sp³-hybridized carbons (Fsp3) is 1.00. The smallest absolute Gasteiger partial charge is 0.0701 e. The van der Waals surface area contributed by atoms with E-state index >= 15 is 0 Å². The number of hydrogen-bond donors (Lipinski definition) is 2. The summed E-state index contributed by atoms with van der Waals surface area (Å²) in [6.45, 7) is 2.77. The van der Waals surface area contributed by atoms with Gasteiger partial charge in [0.05, 0.1) is 26.4 Å². The summed E-state index contributed by atoms with van der Waals surface area (Å²) in [5, 5.41) is 17.0. The van der Waals surface area contributed by atoms with Gasteiger partial charge in [-0.15, -0.1) is 0 Å². The molecule has 4 heteroatoms. The fourth-order valence-electron chi connectivity index (χ4n) is 1.41.